The van der Waals surface area contributed by atoms with Crippen LogP contribution in [0.5, 0.6) is 0 Å². The molecule has 0 bridgehead atoms. The molecule has 1 heterocycles. The highest BCUT2D eigenvalue weighted by atomic mass is 16.5. The topological polar surface area (TPSA) is 56.5 Å². The lowest BCUT2D eigenvalue weighted by Gasteiger charge is -2.50. The Morgan fingerprint density at radius 3 is 2.75 bits per heavy atom. The van der Waals surface area contributed by atoms with Crippen LogP contribution in [0.15, 0.2) is 22.3 Å². The molecule has 3 rings (SSSR count). The zero-order chi connectivity index (χ0) is 17.6. The Labute approximate surface area is 143 Å². The molecular formula is C20H26O4. The Hall–Kier alpha value is -1.84. The quantitative estimate of drug-likeness (QED) is 0.600. The van der Waals surface area contributed by atoms with Crippen LogP contribution in [0.3, 0.4) is 0 Å². The van der Waals surface area contributed by atoms with E-state index in [1.807, 2.05) is 20.8 Å². The first-order valence-corrected chi connectivity index (χ1v) is 8.70. The molecule has 0 radical (unpaired) electrons. The summed E-state index contributed by atoms with van der Waals surface area (Å²) in [6.07, 6.45) is 5.34. The second-order valence-electron chi connectivity index (χ2n) is 7.89. The molecule has 4 atom stereocenters. The summed E-state index contributed by atoms with van der Waals surface area (Å²) < 4.78 is 11.2. The summed E-state index contributed by atoms with van der Waals surface area (Å²) in [6, 6.07) is 0. The minimum absolute atomic E-state index is 0.0519. The van der Waals surface area contributed by atoms with Crippen molar-refractivity contribution in [3.63, 3.8) is 0 Å². The van der Waals surface area contributed by atoms with Crippen LogP contribution >= 0.6 is 0 Å². The molecule has 1 aromatic rings. The van der Waals surface area contributed by atoms with Crippen LogP contribution in [-0.4, -0.2) is 17.9 Å². The maximum Gasteiger partial charge on any atom is 0.330 e. The van der Waals surface area contributed by atoms with Crippen LogP contribution in [0, 0.1) is 24.2 Å². The van der Waals surface area contributed by atoms with Crippen molar-refractivity contribution in [3.05, 3.63) is 34.8 Å². The van der Waals surface area contributed by atoms with Gasteiger partial charge in [0, 0.05) is 17.6 Å². The van der Waals surface area contributed by atoms with E-state index in [0.29, 0.717) is 5.76 Å². The van der Waals surface area contributed by atoms with Crippen LogP contribution < -0.4 is 0 Å². The van der Waals surface area contributed by atoms with E-state index in [9.17, 15) is 9.59 Å². The first-order valence-electron chi connectivity index (χ1n) is 8.70. The minimum atomic E-state index is -0.281. The van der Waals surface area contributed by atoms with Crippen molar-refractivity contribution in [2.45, 2.75) is 60.0 Å². The molecule has 0 spiro atoms. The number of aryl methyl sites for hydroxylation is 1. The van der Waals surface area contributed by atoms with Gasteiger partial charge in [-0.1, -0.05) is 19.4 Å². The molecule has 1 aromatic heterocycles. The van der Waals surface area contributed by atoms with Gasteiger partial charge in [0.25, 0.3) is 0 Å². The summed E-state index contributed by atoms with van der Waals surface area (Å²) in [5.74, 6) is 0.451. The standard InChI is InChI=1S/C20H26O4/c1-11(2)8-17(21)24-16-7-6-15-18(22)19-14(12(3)10-23-19)9-20(15,5)13(16)4/h8,10,13,15-16H,6-7,9H2,1-5H3/t13-,15-,16+,20+/m0/s1. The number of hydrogen-bond donors (Lipinski definition) is 0. The number of allylic oxidation sites excluding steroid dienone is 1. The van der Waals surface area contributed by atoms with Gasteiger partial charge in [-0.15, -0.1) is 0 Å². The van der Waals surface area contributed by atoms with Gasteiger partial charge < -0.3 is 9.15 Å². The molecule has 0 amide bonds. The van der Waals surface area contributed by atoms with Crippen molar-refractivity contribution in [2.24, 2.45) is 17.3 Å². The monoisotopic (exact) mass is 330 g/mol. The Bertz CT molecular complexity index is 707. The fourth-order valence-corrected chi connectivity index (χ4v) is 4.38. The fourth-order valence-electron chi connectivity index (χ4n) is 4.38. The number of furan rings is 1. The van der Waals surface area contributed by atoms with Crippen molar-refractivity contribution in [3.8, 4) is 0 Å². The predicted molar refractivity (Wildman–Crippen MR) is 90.8 cm³/mol. The van der Waals surface area contributed by atoms with E-state index in [1.165, 1.54) is 6.08 Å². The van der Waals surface area contributed by atoms with Gasteiger partial charge in [0.1, 0.15) is 6.10 Å². The van der Waals surface area contributed by atoms with Gasteiger partial charge >= 0.3 is 5.97 Å². The predicted octanol–water partition coefficient (Wildman–Crippen LogP) is 4.26. The number of ketones is 1. The van der Waals surface area contributed by atoms with E-state index >= 15 is 0 Å². The van der Waals surface area contributed by atoms with Gasteiger partial charge in [0.05, 0.1) is 6.26 Å². The minimum Gasteiger partial charge on any atom is -0.461 e. The number of fused-ring (bicyclic) bond motifs is 2. The number of carbonyl (C=O) groups excluding carboxylic acids is 2. The highest BCUT2D eigenvalue weighted by Crippen LogP contribution is 2.53. The van der Waals surface area contributed by atoms with Crippen molar-refractivity contribution >= 4 is 11.8 Å². The molecule has 1 fully saturated rings. The molecule has 4 heteroatoms. The van der Waals surface area contributed by atoms with Gasteiger partial charge in [-0.05, 0) is 56.9 Å². The van der Waals surface area contributed by atoms with Crippen molar-refractivity contribution < 1.29 is 18.7 Å². The zero-order valence-electron chi connectivity index (χ0n) is 15.1. The van der Waals surface area contributed by atoms with Crippen LogP contribution in [0.1, 0.15) is 62.2 Å². The van der Waals surface area contributed by atoms with E-state index in [1.54, 1.807) is 6.26 Å². The van der Waals surface area contributed by atoms with Crippen molar-refractivity contribution in [1.82, 2.24) is 0 Å². The molecule has 2 aliphatic carbocycles. The van der Waals surface area contributed by atoms with Gasteiger partial charge in [-0.25, -0.2) is 4.79 Å². The van der Waals surface area contributed by atoms with Gasteiger partial charge in [0.2, 0.25) is 5.78 Å². The van der Waals surface area contributed by atoms with Crippen LogP contribution in [-0.2, 0) is 16.0 Å². The van der Waals surface area contributed by atoms with E-state index in [-0.39, 0.29) is 35.1 Å². The third-order valence-electron chi connectivity index (χ3n) is 6.01. The van der Waals surface area contributed by atoms with E-state index in [2.05, 4.69) is 13.8 Å². The smallest absolute Gasteiger partial charge is 0.330 e. The molecule has 0 saturated heterocycles. The number of esters is 1. The Kier molecular flexibility index (Phi) is 4.18. The lowest BCUT2D eigenvalue weighted by molar-refractivity contribution is -0.153. The molecule has 24 heavy (non-hydrogen) atoms. The number of rotatable bonds is 2. The lowest BCUT2D eigenvalue weighted by atomic mass is 9.54. The normalized spacial score (nSPS) is 31.9. The Morgan fingerprint density at radius 1 is 1.38 bits per heavy atom. The SMILES string of the molecule is CC(C)=CC(=O)O[C@@H]1CC[C@H]2C(=O)c3occ(C)c3C[C@]2(C)[C@H]1C. The fraction of sp³-hybridized carbons (Fsp3) is 0.600. The number of Topliss-reactive ketones (excluding diaryl/α,β-unsaturated/α-hetero) is 1. The first kappa shape index (κ1) is 17.0. The average Bonchev–Trinajstić information content (AvgIpc) is 2.84. The van der Waals surface area contributed by atoms with Gasteiger partial charge in [-0.2, -0.15) is 0 Å². The Balaban J connectivity index is 1.87. The van der Waals surface area contributed by atoms with Crippen LogP contribution in [0.2, 0.25) is 0 Å². The summed E-state index contributed by atoms with van der Waals surface area (Å²) in [4.78, 5) is 24.9. The number of hydrogen-bond acceptors (Lipinski definition) is 4. The summed E-state index contributed by atoms with van der Waals surface area (Å²) in [7, 11) is 0. The molecule has 0 unspecified atom stereocenters. The van der Waals surface area contributed by atoms with Crippen molar-refractivity contribution in [2.75, 3.05) is 0 Å². The molecule has 0 aliphatic heterocycles. The van der Waals surface area contributed by atoms with Crippen LogP contribution in [0.25, 0.3) is 0 Å². The molecular weight excluding hydrogens is 304 g/mol. The molecule has 2 aliphatic rings. The van der Waals surface area contributed by atoms with Crippen molar-refractivity contribution in [1.29, 1.82) is 0 Å². The average molecular weight is 330 g/mol. The maximum atomic E-state index is 12.9. The van der Waals surface area contributed by atoms with Gasteiger partial charge in [0.15, 0.2) is 5.76 Å². The second kappa shape index (κ2) is 5.91. The number of carbonyl (C=O) groups is 2. The molecule has 1 saturated carbocycles. The third-order valence-corrected chi connectivity index (χ3v) is 6.01. The second-order valence-corrected chi connectivity index (χ2v) is 7.89. The summed E-state index contributed by atoms with van der Waals surface area (Å²) in [6.45, 7) is 10.0. The van der Waals surface area contributed by atoms with E-state index < -0.39 is 0 Å². The lowest BCUT2D eigenvalue weighted by Crippen LogP contribution is -2.52. The van der Waals surface area contributed by atoms with Crippen LogP contribution in [0.4, 0.5) is 0 Å². The number of ether oxygens (including phenoxy) is 1. The van der Waals surface area contributed by atoms with E-state index in [4.69, 9.17) is 9.15 Å². The molecule has 4 nitrogen and oxygen atoms in total. The molecule has 0 N–H and O–H groups in total. The summed E-state index contributed by atoms with van der Waals surface area (Å²) >= 11 is 0. The Morgan fingerprint density at radius 2 is 2.08 bits per heavy atom. The third kappa shape index (κ3) is 2.62. The van der Waals surface area contributed by atoms with Gasteiger partial charge in [-0.3, -0.25) is 4.79 Å². The summed E-state index contributed by atoms with van der Waals surface area (Å²) in [5, 5.41) is 0. The first-order chi connectivity index (χ1) is 11.2. The summed E-state index contributed by atoms with van der Waals surface area (Å²) in [5.41, 5.74) is 2.79. The highest BCUT2D eigenvalue weighted by molar-refractivity contribution is 5.99. The zero-order valence-corrected chi connectivity index (χ0v) is 15.1. The highest BCUT2D eigenvalue weighted by Gasteiger charge is 2.54. The van der Waals surface area contributed by atoms with E-state index in [0.717, 1.165) is 36.0 Å². The maximum absolute atomic E-state index is 12.9. The largest absolute Gasteiger partial charge is 0.461 e. The molecule has 0 aromatic carbocycles. The molecule has 130 valence electrons.